The van der Waals surface area contributed by atoms with Gasteiger partial charge in [0.1, 0.15) is 5.52 Å². The minimum Gasteiger partial charge on any atom is -0.138 e. The Morgan fingerprint density at radius 3 is 1.77 bits per heavy atom. The van der Waals surface area contributed by atoms with Gasteiger partial charge in [0.15, 0.2) is 0 Å². The Hall–Kier alpha value is -2.30. The Labute approximate surface area is 135 Å². The van der Waals surface area contributed by atoms with Crippen LogP contribution in [0.15, 0.2) is 72.8 Å². The van der Waals surface area contributed by atoms with Crippen molar-refractivity contribution in [1.29, 1.82) is 0 Å². The van der Waals surface area contributed by atoms with Crippen LogP contribution in [0.4, 0.5) is 0 Å². The summed E-state index contributed by atoms with van der Waals surface area (Å²) in [6, 6.07) is 25.0. The molecule has 0 fully saturated rings. The smallest absolute Gasteiger partial charge is 0.105 e. The third-order valence-corrected chi connectivity index (χ3v) is 5.29. The van der Waals surface area contributed by atoms with E-state index in [4.69, 9.17) is 0 Å². The third kappa shape index (κ3) is 2.47. The number of hydrogen-bond donors (Lipinski definition) is 0. The molecule has 4 heteroatoms. The molecule has 5 aromatic rings. The van der Waals surface area contributed by atoms with Crippen LogP contribution >= 0.6 is 22.9 Å². The van der Waals surface area contributed by atoms with Gasteiger partial charge in [0.05, 0.1) is 4.70 Å². The number of hydrogen-bond acceptors (Lipinski definition) is 4. The highest BCUT2D eigenvalue weighted by Crippen LogP contribution is 2.32. The number of nitrogens with zero attached hydrogens (tertiary/aromatic N) is 2. The molecule has 0 spiro atoms. The number of aromatic nitrogens is 2. The van der Waals surface area contributed by atoms with E-state index in [9.17, 15) is 0 Å². The summed E-state index contributed by atoms with van der Waals surface area (Å²) in [5.41, 5.74) is 0.988. The Bertz CT molecular complexity index is 966. The molecule has 2 aromatic heterocycles. The summed E-state index contributed by atoms with van der Waals surface area (Å²) in [7, 11) is 0. The summed E-state index contributed by atoms with van der Waals surface area (Å²) in [4.78, 5) is 0. The first kappa shape index (κ1) is 13.4. The summed E-state index contributed by atoms with van der Waals surface area (Å²) in [5, 5.41) is 6.64. The molecule has 0 saturated heterocycles. The van der Waals surface area contributed by atoms with Gasteiger partial charge in [0, 0.05) is 20.2 Å². The molecule has 22 heavy (non-hydrogen) atoms. The lowest BCUT2D eigenvalue weighted by molar-refractivity contribution is 1.20. The second-order valence-electron chi connectivity index (χ2n) is 4.84. The van der Waals surface area contributed by atoms with Gasteiger partial charge in [-0.3, -0.25) is 0 Å². The lowest BCUT2D eigenvalue weighted by atomic mass is 10.2. The van der Waals surface area contributed by atoms with Crippen LogP contribution in [0.1, 0.15) is 0 Å². The maximum absolute atomic E-state index is 3.89. The van der Waals surface area contributed by atoms with E-state index in [2.05, 4.69) is 58.1 Å². The molecule has 0 amide bonds. The normalized spacial score (nSPS) is 10.7. The second-order valence-corrected chi connectivity index (χ2v) is 6.70. The zero-order valence-corrected chi connectivity index (χ0v) is 13.3. The van der Waals surface area contributed by atoms with Gasteiger partial charge >= 0.3 is 0 Å². The lowest BCUT2D eigenvalue weighted by Gasteiger charge is -1.88. The average Bonchev–Trinajstić information content (AvgIpc) is 3.19. The first-order valence-electron chi connectivity index (χ1n) is 6.95. The predicted molar refractivity (Wildman–Crippen MR) is 96.7 cm³/mol. The molecule has 0 aliphatic rings. The lowest BCUT2D eigenvalue weighted by Crippen LogP contribution is -1.63. The summed E-state index contributed by atoms with van der Waals surface area (Å²) in [6.45, 7) is 0. The van der Waals surface area contributed by atoms with Crippen LogP contribution in [0.3, 0.4) is 0 Å². The van der Waals surface area contributed by atoms with E-state index in [1.807, 2.05) is 35.6 Å². The Morgan fingerprint density at radius 1 is 0.591 bits per heavy atom. The highest BCUT2D eigenvalue weighted by molar-refractivity contribution is 7.25. The molecule has 5 rings (SSSR count). The van der Waals surface area contributed by atoms with E-state index in [1.54, 1.807) is 0 Å². The van der Waals surface area contributed by atoms with E-state index in [0.717, 1.165) is 10.2 Å². The Balaban J connectivity index is 0.000000122. The summed E-state index contributed by atoms with van der Waals surface area (Å²) in [6.07, 6.45) is 0. The van der Waals surface area contributed by atoms with Crippen molar-refractivity contribution in [1.82, 2.24) is 9.59 Å². The highest BCUT2D eigenvalue weighted by atomic mass is 32.1. The van der Waals surface area contributed by atoms with Gasteiger partial charge in [0.2, 0.25) is 0 Å². The van der Waals surface area contributed by atoms with Crippen LogP contribution in [0.5, 0.6) is 0 Å². The van der Waals surface area contributed by atoms with Crippen molar-refractivity contribution in [3.63, 3.8) is 0 Å². The maximum Gasteiger partial charge on any atom is 0.105 e. The van der Waals surface area contributed by atoms with Crippen molar-refractivity contribution < 1.29 is 0 Å². The molecule has 0 unspecified atom stereocenters. The van der Waals surface area contributed by atoms with Crippen LogP contribution in [0.2, 0.25) is 0 Å². The standard InChI is InChI=1S/C12H8S.C6H4N2S/c1-3-7-11-9(5-1)10-6-2-4-8-12(10)13-11;1-2-4-6-5(3-1)7-8-9-6/h1-8H;1-4H. The van der Waals surface area contributed by atoms with Crippen LogP contribution in [0.25, 0.3) is 30.4 Å². The van der Waals surface area contributed by atoms with Crippen molar-refractivity contribution in [2.45, 2.75) is 0 Å². The molecule has 0 aliphatic carbocycles. The van der Waals surface area contributed by atoms with E-state index in [1.165, 1.54) is 31.7 Å². The minimum absolute atomic E-state index is 0.988. The van der Waals surface area contributed by atoms with Crippen LogP contribution < -0.4 is 0 Å². The van der Waals surface area contributed by atoms with Crippen molar-refractivity contribution in [2.24, 2.45) is 0 Å². The molecular weight excluding hydrogens is 308 g/mol. The monoisotopic (exact) mass is 320 g/mol. The van der Waals surface area contributed by atoms with Gasteiger partial charge in [-0.25, -0.2) is 0 Å². The fraction of sp³-hybridized carbons (Fsp3) is 0. The molecule has 0 atom stereocenters. The second kappa shape index (κ2) is 5.83. The predicted octanol–water partition coefficient (Wildman–Crippen LogP) is 5.75. The van der Waals surface area contributed by atoms with Crippen LogP contribution in [-0.4, -0.2) is 9.59 Å². The van der Waals surface area contributed by atoms with Crippen molar-refractivity contribution in [3.8, 4) is 0 Å². The number of thiophene rings is 1. The topological polar surface area (TPSA) is 25.8 Å². The average molecular weight is 320 g/mol. The van der Waals surface area contributed by atoms with Crippen LogP contribution in [0, 0.1) is 0 Å². The molecule has 0 saturated carbocycles. The van der Waals surface area contributed by atoms with Gasteiger partial charge < -0.3 is 0 Å². The largest absolute Gasteiger partial charge is 0.138 e. The third-order valence-electron chi connectivity index (χ3n) is 3.44. The van der Waals surface area contributed by atoms with Crippen molar-refractivity contribution in [2.75, 3.05) is 0 Å². The molecule has 2 nitrogen and oxygen atoms in total. The summed E-state index contributed by atoms with van der Waals surface area (Å²) in [5.74, 6) is 0. The SMILES string of the molecule is c1ccc2c(c1)sc1ccccc12.c1ccc2snnc2c1. The minimum atomic E-state index is 0.988. The molecular formula is C18H12N2S2. The summed E-state index contributed by atoms with van der Waals surface area (Å²) < 4.78 is 7.70. The van der Waals surface area contributed by atoms with E-state index in [-0.39, 0.29) is 0 Å². The van der Waals surface area contributed by atoms with E-state index in [0.29, 0.717) is 0 Å². The first-order chi connectivity index (χ1) is 10.9. The van der Waals surface area contributed by atoms with Crippen molar-refractivity contribution >= 4 is 53.3 Å². The van der Waals surface area contributed by atoms with Gasteiger partial charge in [-0.1, -0.05) is 53.0 Å². The van der Waals surface area contributed by atoms with Crippen molar-refractivity contribution in [3.05, 3.63) is 72.8 Å². The molecule has 106 valence electrons. The fourth-order valence-electron chi connectivity index (χ4n) is 2.40. The molecule has 2 heterocycles. The molecule has 3 aromatic carbocycles. The number of benzene rings is 3. The summed E-state index contributed by atoms with van der Waals surface area (Å²) >= 11 is 3.29. The fourth-order valence-corrected chi connectivity index (χ4v) is 4.06. The highest BCUT2D eigenvalue weighted by Gasteiger charge is 2.01. The van der Waals surface area contributed by atoms with E-state index < -0.39 is 0 Å². The molecule has 0 radical (unpaired) electrons. The van der Waals surface area contributed by atoms with Crippen LogP contribution in [-0.2, 0) is 0 Å². The number of fused-ring (bicyclic) bond motifs is 4. The van der Waals surface area contributed by atoms with E-state index >= 15 is 0 Å². The Morgan fingerprint density at radius 2 is 1.14 bits per heavy atom. The molecule has 0 bridgehead atoms. The molecule has 0 N–H and O–H groups in total. The Kier molecular flexibility index (Phi) is 3.54. The van der Waals surface area contributed by atoms with Gasteiger partial charge in [-0.15, -0.1) is 16.4 Å². The number of rotatable bonds is 0. The molecule has 0 aliphatic heterocycles. The van der Waals surface area contributed by atoms with Gasteiger partial charge in [-0.05, 0) is 35.8 Å². The quantitative estimate of drug-likeness (QED) is 0.363. The first-order valence-corrected chi connectivity index (χ1v) is 8.54. The van der Waals surface area contributed by atoms with Gasteiger partial charge in [-0.2, -0.15) is 0 Å². The zero-order chi connectivity index (χ0) is 14.8. The zero-order valence-electron chi connectivity index (χ0n) is 11.6. The maximum atomic E-state index is 3.89. The van der Waals surface area contributed by atoms with Gasteiger partial charge in [0.25, 0.3) is 0 Å².